The average Bonchev–Trinajstić information content (AvgIpc) is 2.80. The molecule has 0 aliphatic rings. The van der Waals surface area contributed by atoms with Crippen molar-refractivity contribution in [1.82, 2.24) is 9.97 Å². The summed E-state index contributed by atoms with van der Waals surface area (Å²) >= 11 is 6.11. The molecule has 0 bridgehead atoms. The molecule has 0 aliphatic carbocycles. The molecule has 2 N–H and O–H groups in total. The number of aromatic nitrogens is 2. The zero-order valence-corrected chi connectivity index (χ0v) is 17.7. The van der Waals surface area contributed by atoms with Gasteiger partial charge in [-0.25, -0.2) is 14.4 Å². The highest BCUT2D eigenvalue weighted by Crippen LogP contribution is 2.27. The van der Waals surface area contributed by atoms with E-state index in [0.29, 0.717) is 44.8 Å². The topological polar surface area (TPSA) is 76.1 Å². The van der Waals surface area contributed by atoms with Crippen LogP contribution < -0.4 is 15.4 Å². The van der Waals surface area contributed by atoms with Crippen LogP contribution >= 0.6 is 11.6 Å². The van der Waals surface area contributed by atoms with Crippen molar-refractivity contribution in [3.8, 4) is 16.9 Å². The van der Waals surface area contributed by atoms with Gasteiger partial charge in [0.2, 0.25) is 5.95 Å². The molecule has 6 nitrogen and oxygen atoms in total. The minimum absolute atomic E-state index is 0.294. The van der Waals surface area contributed by atoms with Crippen LogP contribution in [-0.4, -0.2) is 23.0 Å². The Morgan fingerprint density at radius 3 is 2.44 bits per heavy atom. The summed E-state index contributed by atoms with van der Waals surface area (Å²) < 4.78 is 18.5. The molecular weight excluding hydrogens is 431 g/mol. The SMILES string of the molecule is COc1ccc(NC(=O)c2cccc(Nc3ncc(-c4cccc(F)c4)cn3)c2)cc1Cl. The van der Waals surface area contributed by atoms with Crippen LogP contribution in [0.2, 0.25) is 5.02 Å². The normalized spacial score (nSPS) is 10.5. The Morgan fingerprint density at radius 1 is 0.938 bits per heavy atom. The molecule has 1 amide bonds. The highest BCUT2D eigenvalue weighted by Gasteiger charge is 2.10. The highest BCUT2D eigenvalue weighted by atomic mass is 35.5. The Balaban J connectivity index is 1.46. The Bertz CT molecular complexity index is 1270. The lowest BCUT2D eigenvalue weighted by Gasteiger charge is -2.10. The van der Waals surface area contributed by atoms with Crippen molar-refractivity contribution in [1.29, 1.82) is 0 Å². The Kier molecular flexibility index (Phi) is 6.28. The fourth-order valence-corrected chi connectivity index (χ4v) is 3.28. The zero-order valence-electron chi connectivity index (χ0n) is 17.0. The number of halogens is 2. The van der Waals surface area contributed by atoms with Gasteiger partial charge in [0.15, 0.2) is 0 Å². The summed E-state index contributed by atoms with van der Waals surface area (Å²) in [6.45, 7) is 0. The minimum Gasteiger partial charge on any atom is -0.495 e. The van der Waals surface area contributed by atoms with Crippen molar-refractivity contribution >= 4 is 34.8 Å². The predicted molar refractivity (Wildman–Crippen MR) is 123 cm³/mol. The van der Waals surface area contributed by atoms with E-state index >= 15 is 0 Å². The van der Waals surface area contributed by atoms with E-state index in [9.17, 15) is 9.18 Å². The maximum absolute atomic E-state index is 13.4. The van der Waals surface area contributed by atoms with Crippen LogP contribution in [0.4, 0.5) is 21.7 Å². The summed E-state index contributed by atoms with van der Waals surface area (Å²) in [6, 6.07) is 18.2. The monoisotopic (exact) mass is 448 g/mol. The Labute approximate surface area is 189 Å². The molecule has 1 heterocycles. The number of ether oxygens (including phenoxy) is 1. The third-order valence-corrected chi connectivity index (χ3v) is 4.90. The van der Waals surface area contributed by atoms with Crippen molar-refractivity contribution in [2.45, 2.75) is 0 Å². The van der Waals surface area contributed by atoms with E-state index in [1.165, 1.54) is 19.2 Å². The van der Waals surface area contributed by atoms with Gasteiger partial charge >= 0.3 is 0 Å². The quantitative estimate of drug-likeness (QED) is 0.381. The summed E-state index contributed by atoms with van der Waals surface area (Å²) in [5.41, 5.74) is 3.02. The molecule has 8 heteroatoms. The molecule has 4 aromatic rings. The van der Waals surface area contributed by atoms with Crippen molar-refractivity contribution < 1.29 is 13.9 Å². The van der Waals surface area contributed by atoms with Gasteiger partial charge in [-0.2, -0.15) is 0 Å². The molecule has 0 atom stereocenters. The van der Waals surface area contributed by atoms with Crippen LogP contribution in [0.25, 0.3) is 11.1 Å². The van der Waals surface area contributed by atoms with Gasteiger partial charge < -0.3 is 15.4 Å². The Morgan fingerprint density at radius 2 is 1.72 bits per heavy atom. The molecule has 4 rings (SSSR count). The lowest BCUT2D eigenvalue weighted by atomic mass is 10.1. The van der Waals surface area contributed by atoms with Gasteiger partial charge in [0.1, 0.15) is 11.6 Å². The largest absolute Gasteiger partial charge is 0.495 e. The van der Waals surface area contributed by atoms with E-state index < -0.39 is 0 Å². The molecule has 0 aliphatic heterocycles. The van der Waals surface area contributed by atoms with Crippen LogP contribution in [-0.2, 0) is 0 Å². The highest BCUT2D eigenvalue weighted by molar-refractivity contribution is 6.32. The van der Waals surface area contributed by atoms with Crippen LogP contribution in [0.15, 0.2) is 79.1 Å². The molecule has 0 saturated heterocycles. The number of nitrogens with one attached hydrogen (secondary N) is 2. The minimum atomic E-state index is -0.322. The summed E-state index contributed by atoms with van der Waals surface area (Å²) in [5, 5.41) is 6.27. The Hall–Kier alpha value is -3.97. The summed E-state index contributed by atoms with van der Waals surface area (Å²) in [7, 11) is 1.52. The number of hydrogen-bond acceptors (Lipinski definition) is 5. The zero-order chi connectivity index (χ0) is 22.5. The number of methoxy groups -OCH3 is 1. The summed E-state index contributed by atoms with van der Waals surface area (Å²) in [6.07, 6.45) is 3.21. The first-order valence-electron chi connectivity index (χ1n) is 9.62. The van der Waals surface area contributed by atoms with Gasteiger partial charge in [-0.05, 0) is 54.1 Å². The van der Waals surface area contributed by atoms with Crippen molar-refractivity contribution in [3.63, 3.8) is 0 Å². The van der Waals surface area contributed by atoms with E-state index in [1.807, 2.05) is 0 Å². The van der Waals surface area contributed by atoms with Crippen LogP contribution in [0.3, 0.4) is 0 Å². The molecule has 0 unspecified atom stereocenters. The van der Waals surface area contributed by atoms with Gasteiger partial charge in [0, 0.05) is 34.9 Å². The molecule has 3 aromatic carbocycles. The fraction of sp³-hybridized carbons (Fsp3) is 0.0417. The second kappa shape index (κ2) is 9.45. The predicted octanol–water partition coefficient (Wildman–Crippen LogP) is 5.94. The van der Waals surface area contributed by atoms with Crippen LogP contribution in [0, 0.1) is 5.82 Å². The lowest BCUT2D eigenvalue weighted by molar-refractivity contribution is 0.102. The third-order valence-electron chi connectivity index (χ3n) is 4.60. The van der Waals surface area contributed by atoms with Crippen LogP contribution in [0.1, 0.15) is 10.4 Å². The fourth-order valence-electron chi connectivity index (χ4n) is 3.02. The second-order valence-corrected chi connectivity index (χ2v) is 7.22. The van der Waals surface area contributed by atoms with Crippen molar-refractivity contribution in [2.24, 2.45) is 0 Å². The standard InChI is InChI=1S/C24H18ClFN4O2/c1-32-22-9-8-20(12-21(22)25)29-23(31)16-5-3-7-19(11-16)30-24-27-13-17(14-28-24)15-4-2-6-18(26)10-15/h2-14H,1H3,(H,29,31)(H,27,28,30). The smallest absolute Gasteiger partial charge is 0.255 e. The maximum atomic E-state index is 13.4. The van der Waals surface area contributed by atoms with E-state index in [4.69, 9.17) is 16.3 Å². The molecule has 1 aromatic heterocycles. The lowest BCUT2D eigenvalue weighted by Crippen LogP contribution is -2.12. The number of benzene rings is 3. The molecule has 0 spiro atoms. The number of carbonyl (C=O) groups excluding carboxylic acids is 1. The molecule has 0 radical (unpaired) electrons. The maximum Gasteiger partial charge on any atom is 0.255 e. The number of nitrogens with zero attached hydrogens (tertiary/aromatic N) is 2. The van der Waals surface area contributed by atoms with Crippen molar-refractivity contribution in [3.05, 3.63) is 95.5 Å². The van der Waals surface area contributed by atoms with Crippen molar-refractivity contribution in [2.75, 3.05) is 17.7 Å². The summed E-state index contributed by atoms with van der Waals surface area (Å²) in [5.74, 6) is 0.262. The average molecular weight is 449 g/mol. The van der Waals surface area contributed by atoms with Gasteiger partial charge in [-0.3, -0.25) is 4.79 Å². The summed E-state index contributed by atoms with van der Waals surface area (Å²) in [4.78, 5) is 21.2. The number of hydrogen-bond donors (Lipinski definition) is 2. The van der Waals surface area contributed by atoms with Gasteiger partial charge in [-0.15, -0.1) is 0 Å². The number of anilines is 3. The number of carbonyl (C=O) groups is 1. The molecule has 0 fully saturated rings. The van der Waals surface area contributed by atoms with Gasteiger partial charge in [0.05, 0.1) is 12.1 Å². The molecule has 0 saturated carbocycles. The third kappa shape index (κ3) is 5.01. The van der Waals surface area contributed by atoms with Gasteiger partial charge in [-0.1, -0.05) is 29.8 Å². The number of rotatable bonds is 6. The van der Waals surface area contributed by atoms with E-state index in [2.05, 4.69) is 20.6 Å². The van der Waals surface area contributed by atoms with Gasteiger partial charge in [0.25, 0.3) is 5.91 Å². The number of amides is 1. The molecule has 160 valence electrons. The first-order chi connectivity index (χ1) is 15.5. The molecular formula is C24H18ClFN4O2. The molecule has 32 heavy (non-hydrogen) atoms. The van der Waals surface area contributed by atoms with E-state index in [-0.39, 0.29) is 11.7 Å². The van der Waals surface area contributed by atoms with E-state index in [1.54, 1.807) is 67.0 Å². The van der Waals surface area contributed by atoms with E-state index in [0.717, 1.165) is 0 Å². The second-order valence-electron chi connectivity index (χ2n) is 6.81. The van der Waals surface area contributed by atoms with Crippen LogP contribution in [0.5, 0.6) is 5.75 Å². The first-order valence-corrected chi connectivity index (χ1v) is 9.99. The first kappa shape index (κ1) is 21.3.